The van der Waals surface area contributed by atoms with Crippen LogP contribution in [0.3, 0.4) is 0 Å². The van der Waals surface area contributed by atoms with E-state index in [9.17, 15) is 9.59 Å². The Hall–Kier alpha value is -2.54. The molecular weight excluding hydrogens is 336 g/mol. The monoisotopic (exact) mass is 350 g/mol. The predicted molar refractivity (Wildman–Crippen MR) is 86.9 cm³/mol. The van der Waals surface area contributed by atoms with Crippen molar-refractivity contribution in [3.8, 4) is 0 Å². The van der Waals surface area contributed by atoms with Crippen LogP contribution in [0, 0.1) is 5.92 Å². The van der Waals surface area contributed by atoms with Gasteiger partial charge in [0, 0.05) is 18.0 Å². The van der Waals surface area contributed by atoms with Crippen molar-refractivity contribution < 1.29 is 23.9 Å². The Bertz CT molecular complexity index is 819. The number of hydrogen-bond donors (Lipinski definition) is 0. The molecule has 0 saturated heterocycles. The molecule has 2 heterocycles. The number of methoxy groups -OCH3 is 2. The molecule has 0 saturated carbocycles. The molecule has 0 amide bonds. The minimum absolute atomic E-state index is 0.237. The number of oxime groups is 1. The molecule has 1 aliphatic rings. The van der Waals surface area contributed by atoms with Crippen LogP contribution >= 0.6 is 11.6 Å². The topological polar surface area (TPSA) is 79.1 Å². The van der Waals surface area contributed by atoms with Gasteiger partial charge in [0.05, 0.1) is 24.9 Å². The molecule has 1 aromatic carbocycles. The van der Waals surface area contributed by atoms with Crippen molar-refractivity contribution in [3.63, 3.8) is 0 Å². The van der Waals surface area contributed by atoms with E-state index in [0.29, 0.717) is 10.7 Å². The molecule has 1 aliphatic heterocycles. The molecule has 3 rings (SSSR count). The Labute approximate surface area is 142 Å². The number of hydrogen-bond acceptors (Lipinski definition) is 6. The minimum atomic E-state index is -1.20. The zero-order valence-corrected chi connectivity index (χ0v) is 14.0. The number of carbonyl (C=O) groups excluding carboxylic acids is 2. The number of rotatable bonds is 3. The van der Waals surface area contributed by atoms with Crippen molar-refractivity contribution >= 4 is 40.2 Å². The third-order valence-electron chi connectivity index (χ3n) is 4.04. The Morgan fingerprint density at radius 1 is 1.21 bits per heavy atom. The summed E-state index contributed by atoms with van der Waals surface area (Å²) >= 11 is 6.49. The van der Waals surface area contributed by atoms with Gasteiger partial charge in [-0.25, -0.2) is 4.79 Å². The zero-order chi connectivity index (χ0) is 17.4. The average molecular weight is 351 g/mol. The summed E-state index contributed by atoms with van der Waals surface area (Å²) in [5.74, 6) is -2.41. The fraction of sp³-hybridized carbons (Fsp3) is 0.312. The fourth-order valence-electron chi connectivity index (χ4n) is 2.85. The fourth-order valence-corrected chi connectivity index (χ4v) is 3.24. The molecule has 0 aliphatic carbocycles. The Morgan fingerprint density at radius 2 is 1.88 bits per heavy atom. The molecule has 0 N–H and O–H groups in total. The van der Waals surface area contributed by atoms with Gasteiger partial charge in [-0.05, 0) is 6.07 Å². The van der Waals surface area contributed by atoms with E-state index < -0.39 is 24.0 Å². The van der Waals surface area contributed by atoms with E-state index >= 15 is 0 Å². The van der Waals surface area contributed by atoms with Crippen LogP contribution in [0.1, 0.15) is 5.69 Å². The Morgan fingerprint density at radius 3 is 2.50 bits per heavy atom. The molecule has 0 radical (unpaired) electrons. The number of esters is 2. The summed E-state index contributed by atoms with van der Waals surface area (Å²) in [5.41, 5.74) is 1.60. The van der Waals surface area contributed by atoms with Gasteiger partial charge >= 0.3 is 11.9 Å². The second-order valence-electron chi connectivity index (χ2n) is 5.27. The molecule has 8 heteroatoms. The number of aryl methyl sites for hydroxylation is 1. The van der Waals surface area contributed by atoms with Gasteiger partial charge in [-0.1, -0.05) is 35.0 Å². The first-order valence-electron chi connectivity index (χ1n) is 7.13. The van der Waals surface area contributed by atoms with Gasteiger partial charge in [0.25, 0.3) is 0 Å². The van der Waals surface area contributed by atoms with Crippen LogP contribution in [-0.2, 0) is 30.9 Å². The summed E-state index contributed by atoms with van der Waals surface area (Å²) in [6.07, 6.45) is -1.20. The number of aromatic nitrogens is 1. The molecule has 7 nitrogen and oxygen atoms in total. The van der Waals surface area contributed by atoms with Gasteiger partial charge < -0.3 is 18.9 Å². The highest BCUT2D eigenvalue weighted by Crippen LogP contribution is 2.35. The van der Waals surface area contributed by atoms with Gasteiger partial charge in [-0.2, -0.15) is 0 Å². The van der Waals surface area contributed by atoms with Crippen LogP contribution in [-0.4, -0.2) is 42.5 Å². The molecule has 24 heavy (non-hydrogen) atoms. The lowest BCUT2D eigenvalue weighted by molar-refractivity contribution is -0.161. The average Bonchev–Trinajstić information content (AvgIpc) is 3.14. The normalized spacial score (nSPS) is 19.8. The van der Waals surface area contributed by atoms with Gasteiger partial charge in [0.2, 0.25) is 6.10 Å². The largest absolute Gasteiger partial charge is 0.468 e. The summed E-state index contributed by atoms with van der Waals surface area (Å²) in [6, 6.07) is 7.50. The number of halogens is 1. The third-order valence-corrected chi connectivity index (χ3v) is 4.42. The van der Waals surface area contributed by atoms with Crippen molar-refractivity contribution in [2.45, 2.75) is 6.10 Å². The summed E-state index contributed by atoms with van der Waals surface area (Å²) in [5, 5.41) is 5.17. The van der Waals surface area contributed by atoms with E-state index in [2.05, 4.69) is 9.89 Å². The van der Waals surface area contributed by atoms with E-state index in [-0.39, 0.29) is 5.71 Å². The van der Waals surface area contributed by atoms with Gasteiger partial charge in [-0.15, -0.1) is 0 Å². The Kier molecular flexibility index (Phi) is 4.19. The van der Waals surface area contributed by atoms with Crippen molar-refractivity contribution in [1.29, 1.82) is 0 Å². The molecule has 0 spiro atoms. The molecule has 1 aromatic heterocycles. The first-order chi connectivity index (χ1) is 11.5. The van der Waals surface area contributed by atoms with Crippen LogP contribution in [0.25, 0.3) is 10.9 Å². The standard InChI is InChI=1S/C16H15ClN2O5/c1-19-9-7-5-4-6-8(9)11(17)13(19)12-10(15(20)22-2)14(24-18-12)16(21)23-3/h4-7,10,14H,1-3H3/t10-,14-/m1/s1. The third kappa shape index (κ3) is 2.32. The van der Waals surface area contributed by atoms with Crippen LogP contribution in [0.2, 0.25) is 5.02 Å². The highest BCUT2D eigenvalue weighted by atomic mass is 35.5. The zero-order valence-electron chi connectivity index (χ0n) is 13.3. The molecule has 0 unspecified atom stereocenters. The van der Waals surface area contributed by atoms with Crippen LogP contribution in [0.4, 0.5) is 0 Å². The van der Waals surface area contributed by atoms with Gasteiger partial charge in [-0.3, -0.25) is 4.79 Å². The number of para-hydroxylation sites is 1. The van der Waals surface area contributed by atoms with Crippen LogP contribution in [0.5, 0.6) is 0 Å². The van der Waals surface area contributed by atoms with Crippen molar-refractivity contribution in [1.82, 2.24) is 4.57 Å². The predicted octanol–water partition coefficient (Wildman–Crippen LogP) is 1.90. The summed E-state index contributed by atoms with van der Waals surface area (Å²) in [6.45, 7) is 0. The number of benzene rings is 1. The molecular formula is C16H15ClN2O5. The molecule has 2 aromatic rings. The molecule has 126 valence electrons. The highest BCUT2D eigenvalue weighted by Gasteiger charge is 2.48. The lowest BCUT2D eigenvalue weighted by Crippen LogP contribution is -2.39. The first-order valence-corrected chi connectivity index (χ1v) is 7.51. The maximum Gasteiger partial charge on any atom is 0.351 e. The quantitative estimate of drug-likeness (QED) is 0.790. The lowest BCUT2D eigenvalue weighted by atomic mass is 9.95. The summed E-state index contributed by atoms with van der Waals surface area (Å²) < 4.78 is 11.3. The second kappa shape index (κ2) is 6.16. The smallest absolute Gasteiger partial charge is 0.351 e. The molecule has 0 fully saturated rings. The van der Waals surface area contributed by atoms with Crippen molar-refractivity contribution in [2.75, 3.05) is 14.2 Å². The lowest BCUT2D eigenvalue weighted by Gasteiger charge is -2.15. The van der Waals surface area contributed by atoms with Crippen LogP contribution in [0.15, 0.2) is 29.4 Å². The summed E-state index contributed by atoms with van der Waals surface area (Å²) in [7, 11) is 4.24. The number of carbonyl (C=O) groups is 2. The van der Waals surface area contributed by atoms with Gasteiger partial charge in [0.1, 0.15) is 5.71 Å². The molecule has 0 bridgehead atoms. The Balaban J connectivity index is 2.15. The molecule has 2 atom stereocenters. The van der Waals surface area contributed by atoms with E-state index in [0.717, 1.165) is 10.9 Å². The highest BCUT2D eigenvalue weighted by molar-refractivity contribution is 6.40. The first kappa shape index (κ1) is 16.3. The van der Waals surface area contributed by atoms with E-state index in [1.807, 2.05) is 24.3 Å². The second-order valence-corrected chi connectivity index (χ2v) is 5.64. The van der Waals surface area contributed by atoms with Gasteiger partial charge in [0.15, 0.2) is 5.92 Å². The van der Waals surface area contributed by atoms with E-state index in [1.165, 1.54) is 14.2 Å². The van der Waals surface area contributed by atoms with Crippen LogP contribution < -0.4 is 0 Å². The van der Waals surface area contributed by atoms with Crippen molar-refractivity contribution in [3.05, 3.63) is 35.0 Å². The minimum Gasteiger partial charge on any atom is -0.468 e. The maximum atomic E-state index is 12.2. The SMILES string of the molecule is COC(=O)[C@@H]1C(c2c(Cl)c3ccccc3n2C)=NO[C@H]1C(=O)OC. The number of fused-ring (bicyclic) bond motifs is 1. The maximum absolute atomic E-state index is 12.2. The van der Waals surface area contributed by atoms with Crippen molar-refractivity contribution in [2.24, 2.45) is 18.1 Å². The summed E-state index contributed by atoms with van der Waals surface area (Å²) in [4.78, 5) is 29.3. The van der Waals surface area contributed by atoms with E-state index in [1.54, 1.807) is 11.6 Å². The van der Waals surface area contributed by atoms with E-state index in [4.69, 9.17) is 21.2 Å². The number of nitrogens with zero attached hydrogens (tertiary/aromatic N) is 2. The number of ether oxygens (including phenoxy) is 2.